The second-order valence-corrected chi connectivity index (χ2v) is 7.34. The SMILES string of the molecule is Cc1ccc(NC(=O)CC(c2cccc(F)c2)c2cnc3cc(C)ccn23)cc1. The van der Waals surface area contributed by atoms with Gasteiger partial charge in [-0.05, 0) is 61.4 Å². The average Bonchev–Trinajstić information content (AvgIpc) is 3.10. The van der Waals surface area contributed by atoms with Crippen LogP contribution in [-0.2, 0) is 4.79 Å². The lowest BCUT2D eigenvalue weighted by molar-refractivity contribution is -0.116. The predicted molar refractivity (Wildman–Crippen MR) is 113 cm³/mol. The number of rotatable bonds is 5. The summed E-state index contributed by atoms with van der Waals surface area (Å²) in [6.45, 7) is 4.01. The minimum Gasteiger partial charge on any atom is -0.326 e. The van der Waals surface area contributed by atoms with E-state index in [1.807, 2.05) is 66.9 Å². The summed E-state index contributed by atoms with van der Waals surface area (Å²) in [6.07, 6.45) is 3.89. The Morgan fingerprint density at radius 2 is 1.86 bits per heavy atom. The number of aromatic nitrogens is 2. The zero-order valence-electron chi connectivity index (χ0n) is 16.4. The zero-order chi connectivity index (χ0) is 20.4. The lowest BCUT2D eigenvalue weighted by Crippen LogP contribution is -2.17. The second-order valence-electron chi connectivity index (χ2n) is 7.34. The molecule has 29 heavy (non-hydrogen) atoms. The van der Waals surface area contributed by atoms with E-state index in [9.17, 15) is 9.18 Å². The first kappa shape index (κ1) is 18.9. The van der Waals surface area contributed by atoms with Gasteiger partial charge < -0.3 is 9.72 Å². The van der Waals surface area contributed by atoms with Crippen LogP contribution in [-0.4, -0.2) is 15.3 Å². The molecule has 0 saturated carbocycles. The molecule has 5 heteroatoms. The van der Waals surface area contributed by atoms with Crippen LogP contribution in [0.5, 0.6) is 0 Å². The van der Waals surface area contributed by atoms with Crippen LogP contribution in [0.2, 0.25) is 0 Å². The fraction of sp³-hybridized carbons (Fsp3) is 0.167. The maximum atomic E-state index is 13.9. The van der Waals surface area contributed by atoms with Gasteiger partial charge in [0.05, 0.1) is 5.69 Å². The van der Waals surface area contributed by atoms with Gasteiger partial charge in [0.25, 0.3) is 0 Å². The molecule has 1 N–H and O–H groups in total. The topological polar surface area (TPSA) is 46.4 Å². The summed E-state index contributed by atoms with van der Waals surface area (Å²) in [6, 6.07) is 18.0. The van der Waals surface area contributed by atoms with Crippen LogP contribution >= 0.6 is 0 Å². The number of hydrogen-bond donors (Lipinski definition) is 1. The van der Waals surface area contributed by atoms with Crippen LogP contribution in [0.15, 0.2) is 73.1 Å². The molecule has 1 atom stereocenters. The van der Waals surface area contributed by atoms with Crippen LogP contribution in [0.4, 0.5) is 10.1 Å². The maximum absolute atomic E-state index is 13.9. The van der Waals surface area contributed by atoms with E-state index in [2.05, 4.69) is 10.3 Å². The third-order valence-electron chi connectivity index (χ3n) is 5.03. The lowest BCUT2D eigenvalue weighted by Gasteiger charge is -2.18. The van der Waals surface area contributed by atoms with Crippen LogP contribution < -0.4 is 5.32 Å². The van der Waals surface area contributed by atoms with E-state index in [1.54, 1.807) is 12.3 Å². The van der Waals surface area contributed by atoms with Gasteiger partial charge in [-0.15, -0.1) is 0 Å². The summed E-state index contributed by atoms with van der Waals surface area (Å²) in [5.41, 5.74) is 5.37. The van der Waals surface area contributed by atoms with Crippen LogP contribution in [0, 0.1) is 19.7 Å². The Kier molecular flexibility index (Phi) is 5.12. The summed E-state index contributed by atoms with van der Waals surface area (Å²) < 4.78 is 15.9. The summed E-state index contributed by atoms with van der Waals surface area (Å²) >= 11 is 0. The van der Waals surface area contributed by atoms with Crippen molar-refractivity contribution < 1.29 is 9.18 Å². The number of aryl methyl sites for hydroxylation is 2. The van der Waals surface area contributed by atoms with Gasteiger partial charge in [0.15, 0.2) is 0 Å². The molecule has 4 nitrogen and oxygen atoms in total. The highest BCUT2D eigenvalue weighted by Gasteiger charge is 2.22. The number of nitrogens with one attached hydrogen (secondary N) is 1. The van der Waals surface area contributed by atoms with E-state index in [4.69, 9.17) is 0 Å². The van der Waals surface area contributed by atoms with E-state index in [-0.39, 0.29) is 24.1 Å². The van der Waals surface area contributed by atoms with Crippen LogP contribution in [0.1, 0.15) is 34.7 Å². The van der Waals surface area contributed by atoms with Crippen molar-refractivity contribution in [2.24, 2.45) is 0 Å². The molecule has 4 aromatic rings. The summed E-state index contributed by atoms with van der Waals surface area (Å²) in [4.78, 5) is 17.3. The molecule has 1 amide bonds. The number of hydrogen-bond acceptors (Lipinski definition) is 2. The number of fused-ring (bicyclic) bond motifs is 1. The number of halogens is 1. The first-order chi connectivity index (χ1) is 14.0. The zero-order valence-corrected chi connectivity index (χ0v) is 16.4. The fourth-order valence-corrected chi connectivity index (χ4v) is 3.51. The van der Waals surface area contributed by atoms with Gasteiger partial charge in [-0.3, -0.25) is 4.79 Å². The molecule has 2 aromatic carbocycles. The van der Waals surface area contributed by atoms with Crippen LogP contribution in [0.25, 0.3) is 5.65 Å². The summed E-state index contributed by atoms with van der Waals surface area (Å²) in [7, 11) is 0. The monoisotopic (exact) mass is 387 g/mol. The largest absolute Gasteiger partial charge is 0.326 e. The molecular weight excluding hydrogens is 365 g/mol. The minimum absolute atomic E-state index is 0.134. The number of amides is 1. The molecule has 1 unspecified atom stereocenters. The Balaban J connectivity index is 1.68. The van der Waals surface area contributed by atoms with Gasteiger partial charge >= 0.3 is 0 Å². The molecule has 0 aliphatic carbocycles. The first-order valence-electron chi connectivity index (χ1n) is 9.55. The van der Waals surface area contributed by atoms with Crippen molar-refractivity contribution in [3.8, 4) is 0 Å². The van der Waals surface area contributed by atoms with Crippen molar-refractivity contribution in [3.63, 3.8) is 0 Å². The molecule has 4 rings (SSSR count). The quantitative estimate of drug-likeness (QED) is 0.508. The van der Waals surface area contributed by atoms with E-state index in [0.29, 0.717) is 0 Å². The number of nitrogens with zero attached hydrogens (tertiary/aromatic N) is 2. The molecule has 146 valence electrons. The molecule has 0 bridgehead atoms. The highest BCUT2D eigenvalue weighted by Crippen LogP contribution is 2.30. The van der Waals surface area contributed by atoms with Crippen molar-refractivity contribution in [2.75, 3.05) is 5.32 Å². The second kappa shape index (κ2) is 7.87. The highest BCUT2D eigenvalue weighted by atomic mass is 19.1. The number of anilines is 1. The van der Waals surface area contributed by atoms with E-state index < -0.39 is 0 Å². The number of carbonyl (C=O) groups is 1. The highest BCUT2D eigenvalue weighted by molar-refractivity contribution is 5.91. The summed E-state index contributed by atoms with van der Waals surface area (Å²) in [5, 5.41) is 2.94. The van der Waals surface area contributed by atoms with Crippen molar-refractivity contribution in [1.29, 1.82) is 0 Å². The molecule has 0 saturated heterocycles. The van der Waals surface area contributed by atoms with Gasteiger partial charge in [-0.25, -0.2) is 9.37 Å². The standard InChI is InChI=1S/C24H22FN3O/c1-16-6-8-20(9-7-16)27-24(29)14-21(18-4-3-5-19(25)13-18)22-15-26-23-12-17(2)10-11-28(22)23/h3-13,15,21H,14H2,1-2H3,(H,27,29). The molecule has 2 aromatic heterocycles. The Bertz CT molecular complexity index is 1160. The molecule has 0 aliphatic heterocycles. The smallest absolute Gasteiger partial charge is 0.225 e. The Morgan fingerprint density at radius 3 is 2.62 bits per heavy atom. The molecule has 0 radical (unpaired) electrons. The minimum atomic E-state index is -0.325. The third-order valence-corrected chi connectivity index (χ3v) is 5.03. The van der Waals surface area contributed by atoms with Gasteiger partial charge in [-0.1, -0.05) is 29.8 Å². The van der Waals surface area contributed by atoms with Gasteiger partial charge in [0.2, 0.25) is 5.91 Å². The normalized spacial score (nSPS) is 12.1. The van der Waals surface area contributed by atoms with Crippen molar-refractivity contribution >= 4 is 17.2 Å². The Labute approximate surface area is 169 Å². The van der Waals surface area contributed by atoms with Crippen molar-refractivity contribution in [3.05, 3.63) is 101 Å². The fourth-order valence-electron chi connectivity index (χ4n) is 3.51. The lowest BCUT2D eigenvalue weighted by atomic mass is 9.92. The average molecular weight is 387 g/mol. The van der Waals surface area contributed by atoms with E-state index in [0.717, 1.165) is 33.7 Å². The predicted octanol–water partition coefficient (Wildman–Crippen LogP) is 5.25. The van der Waals surface area contributed by atoms with Gasteiger partial charge in [0, 0.05) is 30.4 Å². The third kappa shape index (κ3) is 4.19. The number of pyridine rings is 1. The molecular formula is C24H22FN3O. The number of imidazole rings is 1. The summed E-state index contributed by atoms with van der Waals surface area (Å²) in [5.74, 6) is -0.782. The van der Waals surface area contributed by atoms with E-state index in [1.165, 1.54) is 12.1 Å². The van der Waals surface area contributed by atoms with Crippen LogP contribution in [0.3, 0.4) is 0 Å². The number of benzene rings is 2. The Morgan fingerprint density at radius 1 is 1.07 bits per heavy atom. The Hall–Kier alpha value is -3.47. The van der Waals surface area contributed by atoms with Crippen molar-refractivity contribution in [1.82, 2.24) is 9.38 Å². The number of carbonyl (C=O) groups excluding carboxylic acids is 1. The molecule has 0 spiro atoms. The first-order valence-corrected chi connectivity index (χ1v) is 9.55. The molecule has 0 aliphatic rings. The van der Waals surface area contributed by atoms with Gasteiger partial charge in [0.1, 0.15) is 11.5 Å². The maximum Gasteiger partial charge on any atom is 0.225 e. The molecule has 2 heterocycles. The van der Waals surface area contributed by atoms with Crippen molar-refractivity contribution in [2.45, 2.75) is 26.2 Å². The van der Waals surface area contributed by atoms with E-state index >= 15 is 0 Å². The molecule has 0 fully saturated rings. The van der Waals surface area contributed by atoms with Gasteiger partial charge in [-0.2, -0.15) is 0 Å².